The van der Waals surface area contributed by atoms with Gasteiger partial charge in [-0.2, -0.15) is 0 Å². The van der Waals surface area contributed by atoms with Crippen molar-refractivity contribution in [2.45, 2.75) is 84.3 Å². The SMILES string of the molecule is COC(=O)[C@H]1C(=O)C2=C(C[C@H]1C)NC(C)=C(C(=O)OC1CCCCC1)[C@H]2c1ccccc1OC(C)C. The number of hydrogen-bond donors (Lipinski definition) is 1. The Balaban J connectivity index is 1.83. The van der Waals surface area contributed by atoms with Gasteiger partial charge in [-0.05, 0) is 64.9 Å². The van der Waals surface area contributed by atoms with Gasteiger partial charge in [0, 0.05) is 22.5 Å². The molecule has 0 bridgehead atoms. The Morgan fingerprint density at radius 3 is 2.44 bits per heavy atom. The quantitative estimate of drug-likeness (QED) is 0.440. The third kappa shape index (κ3) is 5.06. The molecule has 2 aliphatic carbocycles. The monoisotopic (exact) mass is 495 g/mol. The maximum absolute atomic E-state index is 13.9. The van der Waals surface area contributed by atoms with E-state index in [0.29, 0.717) is 34.6 Å². The van der Waals surface area contributed by atoms with Crippen LogP contribution in [0.25, 0.3) is 0 Å². The molecule has 1 aliphatic heterocycles. The lowest BCUT2D eigenvalue weighted by molar-refractivity contribution is -0.151. The molecule has 0 amide bonds. The minimum Gasteiger partial charge on any atom is -0.491 e. The zero-order chi connectivity index (χ0) is 26.0. The minimum absolute atomic E-state index is 0.103. The fourth-order valence-electron chi connectivity index (χ4n) is 5.74. The topological polar surface area (TPSA) is 90.9 Å². The van der Waals surface area contributed by atoms with Crippen LogP contribution in [-0.4, -0.2) is 37.0 Å². The van der Waals surface area contributed by atoms with E-state index in [-0.39, 0.29) is 23.9 Å². The summed E-state index contributed by atoms with van der Waals surface area (Å²) in [5.41, 5.74) is 2.93. The second-order valence-corrected chi connectivity index (χ2v) is 10.4. The van der Waals surface area contributed by atoms with Gasteiger partial charge in [-0.3, -0.25) is 9.59 Å². The highest BCUT2D eigenvalue weighted by atomic mass is 16.5. The fraction of sp³-hybridized carbons (Fsp3) is 0.552. The number of methoxy groups -OCH3 is 1. The number of hydrogen-bond acceptors (Lipinski definition) is 7. The number of Topliss-reactive ketones (excluding diaryl/α,β-unsaturated/α-hetero) is 1. The summed E-state index contributed by atoms with van der Waals surface area (Å²) in [6.07, 6.45) is 5.17. The molecule has 36 heavy (non-hydrogen) atoms. The molecule has 0 saturated heterocycles. The van der Waals surface area contributed by atoms with Crippen molar-refractivity contribution in [3.05, 3.63) is 52.4 Å². The second-order valence-electron chi connectivity index (χ2n) is 10.4. The number of nitrogens with one attached hydrogen (secondary N) is 1. The molecule has 0 radical (unpaired) electrons. The number of carbonyl (C=O) groups is 3. The number of ether oxygens (including phenoxy) is 3. The number of ketones is 1. The summed E-state index contributed by atoms with van der Waals surface area (Å²) in [7, 11) is 1.30. The van der Waals surface area contributed by atoms with Crippen LogP contribution >= 0.6 is 0 Å². The summed E-state index contributed by atoms with van der Waals surface area (Å²) < 4.78 is 17.1. The predicted molar refractivity (Wildman–Crippen MR) is 135 cm³/mol. The van der Waals surface area contributed by atoms with Gasteiger partial charge < -0.3 is 19.5 Å². The Morgan fingerprint density at radius 2 is 1.78 bits per heavy atom. The molecule has 1 aromatic rings. The molecular weight excluding hydrogens is 458 g/mol. The van der Waals surface area contributed by atoms with Gasteiger partial charge in [-0.15, -0.1) is 0 Å². The molecule has 194 valence electrons. The molecule has 0 spiro atoms. The molecule has 1 fully saturated rings. The molecule has 3 atom stereocenters. The van der Waals surface area contributed by atoms with Crippen molar-refractivity contribution in [3.63, 3.8) is 0 Å². The minimum atomic E-state index is -0.926. The van der Waals surface area contributed by atoms with E-state index in [1.165, 1.54) is 7.11 Å². The number of allylic oxidation sites excluding steroid dienone is 3. The highest BCUT2D eigenvalue weighted by Gasteiger charge is 2.48. The zero-order valence-corrected chi connectivity index (χ0v) is 21.9. The summed E-state index contributed by atoms with van der Waals surface area (Å²) >= 11 is 0. The van der Waals surface area contributed by atoms with Crippen molar-refractivity contribution in [2.24, 2.45) is 11.8 Å². The van der Waals surface area contributed by atoms with Gasteiger partial charge in [0.2, 0.25) is 0 Å². The van der Waals surface area contributed by atoms with Gasteiger partial charge in [0.05, 0.1) is 24.7 Å². The highest BCUT2D eigenvalue weighted by Crippen LogP contribution is 2.48. The first kappa shape index (κ1) is 26.0. The predicted octanol–water partition coefficient (Wildman–Crippen LogP) is 4.96. The first-order valence-corrected chi connectivity index (χ1v) is 13.0. The summed E-state index contributed by atoms with van der Waals surface area (Å²) in [5, 5.41) is 3.33. The van der Waals surface area contributed by atoms with Crippen molar-refractivity contribution in [2.75, 3.05) is 7.11 Å². The van der Waals surface area contributed by atoms with Crippen LogP contribution in [0.2, 0.25) is 0 Å². The van der Waals surface area contributed by atoms with Gasteiger partial charge in [0.25, 0.3) is 0 Å². The van der Waals surface area contributed by atoms with Crippen LogP contribution in [-0.2, 0) is 23.9 Å². The van der Waals surface area contributed by atoms with Crippen molar-refractivity contribution in [1.82, 2.24) is 5.32 Å². The van der Waals surface area contributed by atoms with Gasteiger partial charge >= 0.3 is 11.9 Å². The van der Waals surface area contributed by atoms with Crippen LogP contribution in [0.1, 0.15) is 77.7 Å². The summed E-state index contributed by atoms with van der Waals surface area (Å²) in [5.74, 6) is -2.57. The lowest BCUT2D eigenvalue weighted by Crippen LogP contribution is -2.43. The van der Waals surface area contributed by atoms with Crippen LogP contribution in [0, 0.1) is 11.8 Å². The zero-order valence-electron chi connectivity index (χ0n) is 21.9. The van der Waals surface area contributed by atoms with Gasteiger partial charge in [0.15, 0.2) is 5.78 Å². The number of dihydropyridines is 1. The van der Waals surface area contributed by atoms with Crippen molar-refractivity contribution >= 4 is 17.7 Å². The van der Waals surface area contributed by atoms with E-state index in [4.69, 9.17) is 14.2 Å². The largest absolute Gasteiger partial charge is 0.491 e. The van der Waals surface area contributed by atoms with Crippen LogP contribution in [0.3, 0.4) is 0 Å². The summed E-state index contributed by atoms with van der Waals surface area (Å²) in [4.78, 5) is 40.3. The van der Waals surface area contributed by atoms with Crippen molar-refractivity contribution < 1.29 is 28.6 Å². The molecule has 4 rings (SSSR count). The van der Waals surface area contributed by atoms with E-state index in [2.05, 4.69) is 5.32 Å². The van der Waals surface area contributed by atoms with Crippen molar-refractivity contribution in [3.8, 4) is 5.75 Å². The number of esters is 2. The second kappa shape index (κ2) is 10.9. The third-order valence-electron chi connectivity index (χ3n) is 7.38. The molecule has 1 aromatic carbocycles. The lowest BCUT2D eigenvalue weighted by Gasteiger charge is -2.39. The smallest absolute Gasteiger partial charge is 0.337 e. The maximum atomic E-state index is 13.9. The van der Waals surface area contributed by atoms with Crippen LogP contribution in [0.4, 0.5) is 0 Å². The van der Waals surface area contributed by atoms with Crippen LogP contribution < -0.4 is 10.1 Å². The molecule has 1 N–H and O–H groups in total. The Hall–Kier alpha value is -3.09. The van der Waals surface area contributed by atoms with Crippen LogP contribution in [0.15, 0.2) is 46.8 Å². The fourth-order valence-corrected chi connectivity index (χ4v) is 5.74. The summed E-state index contributed by atoms with van der Waals surface area (Å²) in [6.45, 7) is 7.59. The van der Waals surface area contributed by atoms with Crippen molar-refractivity contribution in [1.29, 1.82) is 0 Å². The Kier molecular flexibility index (Phi) is 7.86. The molecule has 0 aromatic heterocycles. The van der Waals surface area contributed by atoms with Gasteiger partial charge in [-0.1, -0.05) is 31.5 Å². The lowest BCUT2D eigenvalue weighted by atomic mass is 9.69. The van der Waals surface area contributed by atoms with Gasteiger partial charge in [-0.25, -0.2) is 4.79 Å². The molecule has 1 heterocycles. The van der Waals surface area contributed by atoms with E-state index >= 15 is 0 Å². The van der Waals surface area contributed by atoms with Crippen LogP contribution in [0.5, 0.6) is 5.75 Å². The van der Waals surface area contributed by atoms with E-state index < -0.39 is 23.8 Å². The average Bonchev–Trinajstić information content (AvgIpc) is 2.83. The number of rotatable bonds is 6. The third-order valence-corrected chi connectivity index (χ3v) is 7.38. The Bertz CT molecular complexity index is 1090. The molecule has 7 heteroatoms. The first-order valence-electron chi connectivity index (χ1n) is 13.0. The number of para-hydroxylation sites is 1. The Morgan fingerprint density at radius 1 is 1.08 bits per heavy atom. The average molecular weight is 496 g/mol. The number of benzene rings is 1. The normalized spacial score (nSPS) is 24.8. The molecule has 3 aliphatic rings. The van der Waals surface area contributed by atoms with E-state index in [1.54, 1.807) is 0 Å². The van der Waals surface area contributed by atoms with E-state index in [0.717, 1.165) is 37.8 Å². The Labute approximate surface area is 213 Å². The molecule has 7 nitrogen and oxygen atoms in total. The standard InChI is InChI=1S/C29H37NO6/c1-16(2)35-22-14-10-9-13-20(22)25-24(29(33)36-19-11-7-6-8-12-19)18(4)30-21-15-17(3)23(28(32)34-5)27(31)26(21)25/h9-10,13-14,16-17,19,23,25,30H,6-8,11-12,15H2,1-5H3/t17-,23-,25-/m1/s1. The number of carbonyl (C=O) groups excluding carboxylic acids is 3. The first-order chi connectivity index (χ1) is 17.2. The molecule has 0 unspecified atom stereocenters. The molecular formula is C29H37NO6. The van der Waals surface area contributed by atoms with E-state index in [9.17, 15) is 14.4 Å². The van der Waals surface area contributed by atoms with Gasteiger partial charge in [0.1, 0.15) is 17.8 Å². The highest BCUT2D eigenvalue weighted by molar-refractivity contribution is 6.12. The molecule has 1 saturated carbocycles. The van der Waals surface area contributed by atoms with E-state index in [1.807, 2.05) is 52.0 Å². The maximum Gasteiger partial charge on any atom is 0.337 e. The summed E-state index contributed by atoms with van der Waals surface area (Å²) in [6, 6.07) is 7.48.